The highest BCUT2D eigenvalue weighted by molar-refractivity contribution is 5.95. The Morgan fingerprint density at radius 1 is 1.35 bits per heavy atom. The van der Waals surface area contributed by atoms with E-state index in [0.29, 0.717) is 28.1 Å². The standard InChI is InChI=1S/C16H15FN4O2/c1-9-4-5-11(17)6-13(9)20-15-14-10(2)12(16(22)23-3)7-21(14)19-8-18-15/h4-8H,1-3H3,(H,18,19,20). The van der Waals surface area contributed by atoms with Gasteiger partial charge in [0.25, 0.3) is 0 Å². The maximum absolute atomic E-state index is 13.5. The average molecular weight is 314 g/mol. The van der Waals surface area contributed by atoms with Crippen molar-refractivity contribution in [2.24, 2.45) is 0 Å². The molecule has 3 aromatic rings. The van der Waals surface area contributed by atoms with Gasteiger partial charge in [0.05, 0.1) is 12.7 Å². The Balaban J connectivity index is 2.13. The van der Waals surface area contributed by atoms with Crippen molar-refractivity contribution >= 4 is 23.0 Å². The Bertz CT molecular complexity index is 904. The zero-order valence-corrected chi connectivity index (χ0v) is 12.9. The van der Waals surface area contributed by atoms with Crippen molar-refractivity contribution in [1.29, 1.82) is 0 Å². The van der Waals surface area contributed by atoms with Gasteiger partial charge in [-0.2, -0.15) is 5.10 Å². The van der Waals surface area contributed by atoms with Crippen LogP contribution in [-0.2, 0) is 4.74 Å². The van der Waals surface area contributed by atoms with Crippen molar-refractivity contribution in [1.82, 2.24) is 14.6 Å². The number of fused-ring (bicyclic) bond motifs is 1. The van der Waals surface area contributed by atoms with Gasteiger partial charge in [-0.3, -0.25) is 0 Å². The fraction of sp³-hybridized carbons (Fsp3) is 0.188. The number of ether oxygens (including phenoxy) is 1. The highest BCUT2D eigenvalue weighted by Gasteiger charge is 2.18. The zero-order valence-electron chi connectivity index (χ0n) is 12.9. The van der Waals surface area contributed by atoms with Crippen LogP contribution in [0.3, 0.4) is 0 Å². The van der Waals surface area contributed by atoms with Gasteiger partial charge in [0, 0.05) is 11.9 Å². The number of nitrogens with zero attached hydrogens (tertiary/aromatic N) is 3. The summed E-state index contributed by atoms with van der Waals surface area (Å²) in [6.07, 6.45) is 2.95. The van der Waals surface area contributed by atoms with Crippen molar-refractivity contribution in [3.63, 3.8) is 0 Å². The summed E-state index contributed by atoms with van der Waals surface area (Å²) in [5.74, 6) is -0.298. The number of nitrogens with one attached hydrogen (secondary N) is 1. The number of anilines is 2. The van der Waals surface area contributed by atoms with Crippen LogP contribution in [0.25, 0.3) is 5.52 Å². The average Bonchev–Trinajstić information content (AvgIpc) is 2.88. The number of esters is 1. The quantitative estimate of drug-likeness (QED) is 0.753. The molecule has 3 rings (SSSR count). The molecule has 2 aromatic heterocycles. The van der Waals surface area contributed by atoms with Crippen molar-refractivity contribution in [3.8, 4) is 0 Å². The summed E-state index contributed by atoms with van der Waals surface area (Å²) in [6, 6.07) is 4.47. The maximum Gasteiger partial charge on any atom is 0.339 e. The number of aromatic nitrogens is 3. The number of rotatable bonds is 3. The predicted octanol–water partition coefficient (Wildman–Crippen LogP) is 3.02. The number of carbonyl (C=O) groups is 1. The summed E-state index contributed by atoms with van der Waals surface area (Å²) in [7, 11) is 1.32. The van der Waals surface area contributed by atoms with Crippen LogP contribution >= 0.6 is 0 Å². The highest BCUT2D eigenvalue weighted by Crippen LogP contribution is 2.27. The van der Waals surface area contributed by atoms with Crippen LogP contribution in [0.15, 0.2) is 30.7 Å². The normalized spacial score (nSPS) is 10.8. The molecular weight excluding hydrogens is 299 g/mol. The number of hydrogen-bond donors (Lipinski definition) is 1. The lowest BCUT2D eigenvalue weighted by Gasteiger charge is -2.10. The lowest BCUT2D eigenvalue weighted by Crippen LogP contribution is -2.02. The summed E-state index contributed by atoms with van der Waals surface area (Å²) >= 11 is 0. The van der Waals surface area contributed by atoms with Gasteiger partial charge in [-0.05, 0) is 37.1 Å². The minimum absolute atomic E-state index is 0.342. The van der Waals surface area contributed by atoms with Crippen LogP contribution in [-0.4, -0.2) is 27.7 Å². The first-order valence-corrected chi connectivity index (χ1v) is 6.95. The van der Waals surface area contributed by atoms with Crippen LogP contribution in [0.5, 0.6) is 0 Å². The summed E-state index contributed by atoms with van der Waals surface area (Å²) in [4.78, 5) is 16.0. The van der Waals surface area contributed by atoms with Crippen molar-refractivity contribution in [3.05, 3.63) is 53.2 Å². The molecule has 0 spiro atoms. The second-order valence-corrected chi connectivity index (χ2v) is 5.15. The molecule has 6 nitrogen and oxygen atoms in total. The van der Waals surface area contributed by atoms with Gasteiger partial charge in [0.1, 0.15) is 17.7 Å². The lowest BCUT2D eigenvalue weighted by atomic mass is 10.1. The first-order chi connectivity index (χ1) is 11.0. The Morgan fingerprint density at radius 2 is 2.13 bits per heavy atom. The van der Waals surface area contributed by atoms with E-state index in [1.807, 2.05) is 6.92 Å². The summed E-state index contributed by atoms with van der Waals surface area (Å²) in [5.41, 5.74) is 3.21. The first-order valence-electron chi connectivity index (χ1n) is 6.95. The van der Waals surface area contributed by atoms with Crippen molar-refractivity contribution in [2.75, 3.05) is 12.4 Å². The van der Waals surface area contributed by atoms with Crippen LogP contribution in [0.1, 0.15) is 21.5 Å². The number of carbonyl (C=O) groups excluding carboxylic acids is 1. The third-order valence-corrected chi connectivity index (χ3v) is 3.68. The molecule has 0 bridgehead atoms. The molecule has 7 heteroatoms. The third-order valence-electron chi connectivity index (χ3n) is 3.68. The molecule has 1 aromatic carbocycles. The Kier molecular flexibility index (Phi) is 3.69. The van der Waals surface area contributed by atoms with E-state index in [-0.39, 0.29) is 5.82 Å². The van der Waals surface area contributed by atoms with E-state index in [4.69, 9.17) is 4.74 Å². The van der Waals surface area contributed by atoms with Crippen LogP contribution in [0.4, 0.5) is 15.9 Å². The Hall–Kier alpha value is -2.96. The van der Waals surface area contributed by atoms with Crippen LogP contribution in [0.2, 0.25) is 0 Å². The lowest BCUT2D eigenvalue weighted by molar-refractivity contribution is 0.0600. The molecule has 23 heavy (non-hydrogen) atoms. The Labute approximate surface area is 131 Å². The van der Waals surface area contributed by atoms with Gasteiger partial charge in [-0.15, -0.1) is 0 Å². The smallest absolute Gasteiger partial charge is 0.339 e. The molecule has 118 valence electrons. The fourth-order valence-electron chi connectivity index (χ4n) is 2.42. The number of benzene rings is 1. The topological polar surface area (TPSA) is 68.5 Å². The molecule has 0 fully saturated rings. The number of hydrogen-bond acceptors (Lipinski definition) is 5. The molecule has 0 atom stereocenters. The number of methoxy groups -OCH3 is 1. The monoisotopic (exact) mass is 314 g/mol. The number of halogens is 1. The number of aryl methyl sites for hydroxylation is 2. The minimum Gasteiger partial charge on any atom is -0.465 e. The van der Waals surface area contributed by atoms with Gasteiger partial charge >= 0.3 is 5.97 Å². The highest BCUT2D eigenvalue weighted by atomic mass is 19.1. The molecule has 0 aliphatic carbocycles. The first kappa shape index (κ1) is 15.0. The third kappa shape index (κ3) is 2.61. The second kappa shape index (κ2) is 5.68. The molecule has 0 saturated heterocycles. The molecule has 0 saturated carbocycles. The van der Waals surface area contributed by atoms with E-state index in [1.165, 1.54) is 25.6 Å². The molecular formula is C16H15FN4O2. The molecule has 0 aliphatic heterocycles. The van der Waals surface area contributed by atoms with Crippen LogP contribution < -0.4 is 5.32 Å². The largest absolute Gasteiger partial charge is 0.465 e. The summed E-state index contributed by atoms with van der Waals surface area (Å²) in [6.45, 7) is 3.65. The minimum atomic E-state index is -0.444. The summed E-state index contributed by atoms with van der Waals surface area (Å²) < 4.78 is 19.8. The Morgan fingerprint density at radius 3 is 2.87 bits per heavy atom. The summed E-state index contributed by atoms with van der Waals surface area (Å²) in [5, 5.41) is 7.21. The molecule has 0 amide bonds. The second-order valence-electron chi connectivity index (χ2n) is 5.15. The van der Waals surface area contributed by atoms with Crippen molar-refractivity contribution in [2.45, 2.75) is 13.8 Å². The van der Waals surface area contributed by atoms with Gasteiger partial charge in [-0.1, -0.05) is 6.07 Å². The van der Waals surface area contributed by atoms with Gasteiger partial charge in [0.15, 0.2) is 5.82 Å². The molecule has 0 radical (unpaired) electrons. The molecule has 1 N–H and O–H groups in total. The molecule has 2 heterocycles. The predicted molar refractivity (Wildman–Crippen MR) is 83.5 cm³/mol. The van der Waals surface area contributed by atoms with Gasteiger partial charge in [0.2, 0.25) is 0 Å². The SMILES string of the molecule is COC(=O)c1cn2ncnc(Nc3cc(F)ccc3C)c2c1C. The van der Waals surface area contributed by atoms with E-state index in [1.54, 1.807) is 23.7 Å². The van der Waals surface area contributed by atoms with Crippen LogP contribution in [0, 0.1) is 19.7 Å². The van der Waals surface area contributed by atoms with E-state index < -0.39 is 5.97 Å². The maximum atomic E-state index is 13.5. The van der Waals surface area contributed by atoms with E-state index in [2.05, 4.69) is 15.4 Å². The molecule has 0 unspecified atom stereocenters. The molecule has 0 aliphatic rings. The van der Waals surface area contributed by atoms with E-state index in [0.717, 1.165) is 5.56 Å². The zero-order chi connectivity index (χ0) is 16.6. The van der Waals surface area contributed by atoms with E-state index in [9.17, 15) is 9.18 Å². The van der Waals surface area contributed by atoms with E-state index >= 15 is 0 Å². The van der Waals surface area contributed by atoms with Crippen molar-refractivity contribution < 1.29 is 13.9 Å². The van der Waals surface area contributed by atoms with Gasteiger partial charge in [-0.25, -0.2) is 18.7 Å². The van der Waals surface area contributed by atoms with Gasteiger partial charge < -0.3 is 10.1 Å². The fourth-order valence-corrected chi connectivity index (χ4v) is 2.42.